The maximum atomic E-state index is 2.44. The second kappa shape index (κ2) is 14.6. The van der Waals surface area contributed by atoms with Crippen molar-refractivity contribution in [1.29, 1.82) is 0 Å². The van der Waals surface area contributed by atoms with Gasteiger partial charge in [0.1, 0.15) is 5.65 Å². The number of anilines is 3. The Labute approximate surface area is 343 Å². The van der Waals surface area contributed by atoms with Gasteiger partial charge in [-0.2, -0.15) is 0 Å². The molecule has 3 heteroatoms. The summed E-state index contributed by atoms with van der Waals surface area (Å²) in [6, 6.07) is 85.2. The van der Waals surface area contributed by atoms with Crippen molar-refractivity contribution in [3.05, 3.63) is 237 Å². The number of hydrogen-bond donors (Lipinski definition) is 0. The average molecular weight is 754 g/mol. The highest BCUT2D eigenvalue weighted by Crippen LogP contribution is 2.43. The molecule has 0 amide bonds. The summed E-state index contributed by atoms with van der Waals surface area (Å²) >= 11 is 0. The van der Waals surface area contributed by atoms with Crippen LogP contribution in [0.3, 0.4) is 0 Å². The van der Waals surface area contributed by atoms with Gasteiger partial charge in [0.2, 0.25) is 0 Å². The fourth-order valence-electron chi connectivity index (χ4n) is 8.72. The van der Waals surface area contributed by atoms with Gasteiger partial charge in [-0.15, -0.1) is 0 Å². The Morgan fingerprint density at radius 1 is 0.271 bits per heavy atom. The maximum absolute atomic E-state index is 2.44. The number of fused-ring (bicyclic) bond motifs is 5. The van der Waals surface area contributed by atoms with Crippen LogP contribution in [0.15, 0.2) is 237 Å². The van der Waals surface area contributed by atoms with Crippen molar-refractivity contribution >= 4 is 49.9 Å². The molecule has 2 heterocycles. The van der Waals surface area contributed by atoms with Crippen molar-refractivity contribution in [1.82, 2.24) is 9.13 Å². The van der Waals surface area contributed by atoms with Crippen LogP contribution in [0.2, 0.25) is 0 Å². The quantitative estimate of drug-likeness (QED) is 0.151. The minimum atomic E-state index is 1.08. The molecule has 0 atom stereocenters. The molecule has 0 N–H and O–H groups in total. The first kappa shape index (κ1) is 34.4. The topological polar surface area (TPSA) is 13.1 Å². The Bertz CT molecular complexity index is 3120. The van der Waals surface area contributed by atoms with E-state index in [1.54, 1.807) is 0 Å². The van der Waals surface area contributed by atoms with Gasteiger partial charge in [-0.1, -0.05) is 164 Å². The molecular formula is C56H39N3. The summed E-state index contributed by atoms with van der Waals surface area (Å²) in [5.41, 5.74) is 16.2. The molecule has 59 heavy (non-hydrogen) atoms. The van der Waals surface area contributed by atoms with Crippen LogP contribution < -0.4 is 4.90 Å². The third-order valence-corrected chi connectivity index (χ3v) is 11.5. The Morgan fingerprint density at radius 2 is 0.644 bits per heavy atom. The van der Waals surface area contributed by atoms with Crippen molar-refractivity contribution in [2.24, 2.45) is 0 Å². The molecule has 9 aromatic carbocycles. The van der Waals surface area contributed by atoms with Crippen LogP contribution in [0.4, 0.5) is 17.1 Å². The molecule has 278 valence electrons. The lowest BCUT2D eigenvalue weighted by atomic mass is 10.0. The van der Waals surface area contributed by atoms with E-state index in [1.807, 2.05) is 0 Å². The van der Waals surface area contributed by atoms with E-state index in [2.05, 4.69) is 251 Å². The SMILES string of the molecule is c1ccc(-c2ccc(N(c3ccc(-c4ccccc4)cc3)c3ccc(-n4c5ccccc5c5c6ccc(-c7ccccc7)cc6n(-c6ccccc6)c54)cc3)cc2)cc1. The summed E-state index contributed by atoms with van der Waals surface area (Å²) in [7, 11) is 0. The van der Waals surface area contributed by atoms with Crippen LogP contribution in [0.5, 0.6) is 0 Å². The predicted molar refractivity (Wildman–Crippen MR) is 249 cm³/mol. The second-order valence-corrected chi connectivity index (χ2v) is 15.0. The van der Waals surface area contributed by atoms with E-state index >= 15 is 0 Å². The molecule has 3 nitrogen and oxygen atoms in total. The third-order valence-electron chi connectivity index (χ3n) is 11.5. The zero-order valence-corrected chi connectivity index (χ0v) is 32.4. The number of rotatable bonds is 8. The van der Waals surface area contributed by atoms with Crippen LogP contribution in [0.25, 0.3) is 77.6 Å². The third kappa shape index (κ3) is 6.08. The van der Waals surface area contributed by atoms with Crippen LogP contribution in [-0.2, 0) is 0 Å². The maximum Gasteiger partial charge on any atom is 0.131 e. The molecule has 0 aliphatic heterocycles. The van der Waals surface area contributed by atoms with E-state index in [0.29, 0.717) is 0 Å². The van der Waals surface area contributed by atoms with E-state index in [4.69, 9.17) is 0 Å². The highest BCUT2D eigenvalue weighted by molar-refractivity contribution is 6.22. The molecule has 0 fully saturated rings. The largest absolute Gasteiger partial charge is 0.311 e. The van der Waals surface area contributed by atoms with E-state index in [0.717, 1.165) is 34.1 Å². The molecule has 0 aliphatic carbocycles. The van der Waals surface area contributed by atoms with Gasteiger partial charge < -0.3 is 4.90 Å². The molecule has 0 saturated heterocycles. The molecule has 0 unspecified atom stereocenters. The smallest absolute Gasteiger partial charge is 0.131 e. The highest BCUT2D eigenvalue weighted by Gasteiger charge is 2.23. The minimum Gasteiger partial charge on any atom is -0.311 e. The minimum absolute atomic E-state index is 1.08. The van der Waals surface area contributed by atoms with Crippen molar-refractivity contribution in [2.75, 3.05) is 4.90 Å². The van der Waals surface area contributed by atoms with Crippen LogP contribution in [0.1, 0.15) is 0 Å². The van der Waals surface area contributed by atoms with Crippen LogP contribution in [0, 0.1) is 0 Å². The Balaban J connectivity index is 1.08. The number of benzene rings is 9. The molecular weight excluding hydrogens is 715 g/mol. The lowest BCUT2D eigenvalue weighted by Gasteiger charge is -2.26. The summed E-state index contributed by atoms with van der Waals surface area (Å²) in [4.78, 5) is 2.35. The van der Waals surface area contributed by atoms with Crippen LogP contribution in [-0.4, -0.2) is 9.13 Å². The molecule has 11 aromatic rings. The van der Waals surface area contributed by atoms with Crippen LogP contribution >= 0.6 is 0 Å². The Hall–Kier alpha value is -7.88. The van der Waals surface area contributed by atoms with Gasteiger partial charge in [0.05, 0.1) is 11.0 Å². The van der Waals surface area contributed by atoms with Gasteiger partial charge in [-0.25, -0.2) is 0 Å². The van der Waals surface area contributed by atoms with Gasteiger partial charge >= 0.3 is 0 Å². The second-order valence-electron chi connectivity index (χ2n) is 15.0. The highest BCUT2D eigenvalue weighted by atomic mass is 15.2. The van der Waals surface area contributed by atoms with Gasteiger partial charge in [0.25, 0.3) is 0 Å². The van der Waals surface area contributed by atoms with E-state index in [1.165, 1.54) is 60.6 Å². The predicted octanol–water partition coefficient (Wildman–Crippen LogP) is 15.2. The molecule has 11 rings (SSSR count). The average Bonchev–Trinajstić information content (AvgIpc) is 3.83. The molecule has 0 radical (unpaired) electrons. The number of hydrogen-bond acceptors (Lipinski definition) is 1. The normalized spacial score (nSPS) is 11.4. The van der Waals surface area contributed by atoms with Crippen molar-refractivity contribution in [3.8, 4) is 44.8 Å². The first-order valence-corrected chi connectivity index (χ1v) is 20.2. The summed E-state index contributed by atoms with van der Waals surface area (Å²) < 4.78 is 4.89. The van der Waals surface area contributed by atoms with E-state index < -0.39 is 0 Å². The molecule has 2 aromatic heterocycles. The first-order chi connectivity index (χ1) is 29.3. The van der Waals surface area contributed by atoms with E-state index in [-0.39, 0.29) is 0 Å². The van der Waals surface area contributed by atoms with E-state index in [9.17, 15) is 0 Å². The summed E-state index contributed by atoms with van der Waals surface area (Å²) in [5, 5.41) is 3.72. The molecule has 0 bridgehead atoms. The lowest BCUT2D eigenvalue weighted by molar-refractivity contribution is 1.07. The summed E-state index contributed by atoms with van der Waals surface area (Å²) in [6.45, 7) is 0. The monoisotopic (exact) mass is 753 g/mol. The lowest BCUT2D eigenvalue weighted by Crippen LogP contribution is -2.10. The molecule has 0 saturated carbocycles. The van der Waals surface area contributed by atoms with Crippen molar-refractivity contribution < 1.29 is 0 Å². The van der Waals surface area contributed by atoms with Gasteiger partial charge in [-0.3, -0.25) is 9.13 Å². The van der Waals surface area contributed by atoms with Crippen molar-refractivity contribution in [2.45, 2.75) is 0 Å². The van der Waals surface area contributed by atoms with Gasteiger partial charge in [-0.05, 0) is 106 Å². The van der Waals surface area contributed by atoms with Gasteiger partial charge in [0, 0.05) is 44.6 Å². The number of nitrogens with zero attached hydrogens (tertiary/aromatic N) is 3. The summed E-state index contributed by atoms with van der Waals surface area (Å²) in [5.74, 6) is 0. The summed E-state index contributed by atoms with van der Waals surface area (Å²) in [6.07, 6.45) is 0. The van der Waals surface area contributed by atoms with Crippen molar-refractivity contribution in [3.63, 3.8) is 0 Å². The van der Waals surface area contributed by atoms with Gasteiger partial charge in [0.15, 0.2) is 0 Å². The fourth-order valence-corrected chi connectivity index (χ4v) is 8.72. The number of aromatic nitrogens is 2. The Morgan fingerprint density at radius 3 is 1.19 bits per heavy atom. The zero-order valence-electron chi connectivity index (χ0n) is 32.4. The molecule has 0 spiro atoms. The fraction of sp³-hybridized carbons (Fsp3) is 0. The zero-order chi connectivity index (χ0) is 39.1. The Kier molecular flexibility index (Phi) is 8.49. The molecule has 0 aliphatic rings. The first-order valence-electron chi connectivity index (χ1n) is 20.2. The standard InChI is InChI=1S/C56H39N3/c1-5-15-40(16-6-1)43-25-30-47(31-26-43)57(48-32-27-44(28-33-48)41-17-7-2-8-18-41)49-34-36-50(37-35-49)58-53-24-14-13-23-51(53)55-52-38-29-45(42-19-9-3-10-20-42)39-54(52)59(56(55)58)46-21-11-4-12-22-46/h1-39H. The number of para-hydroxylation sites is 2.